The lowest BCUT2D eigenvalue weighted by molar-refractivity contribution is -0.137. The van der Waals surface area contributed by atoms with Gasteiger partial charge in [-0.15, -0.1) is 0 Å². The molecule has 1 aliphatic rings. The monoisotopic (exact) mass is 461 g/mol. The first kappa shape index (κ1) is 22.8. The summed E-state index contributed by atoms with van der Waals surface area (Å²) in [6.45, 7) is 7.07. The second-order valence-electron chi connectivity index (χ2n) is 8.19. The van der Waals surface area contributed by atoms with E-state index in [-0.39, 0.29) is 47.3 Å². The summed E-state index contributed by atoms with van der Waals surface area (Å²) in [5.41, 5.74) is 0.0347. The predicted molar refractivity (Wildman–Crippen MR) is 110 cm³/mol. The fourth-order valence-electron chi connectivity index (χ4n) is 3.23. The molecule has 30 heavy (non-hydrogen) atoms. The van der Waals surface area contributed by atoms with Gasteiger partial charge in [0.2, 0.25) is 10.0 Å². The molecule has 1 saturated heterocycles. The van der Waals surface area contributed by atoms with Gasteiger partial charge in [0.1, 0.15) is 5.82 Å². The summed E-state index contributed by atoms with van der Waals surface area (Å²) >= 11 is 6.01. The highest BCUT2D eigenvalue weighted by Crippen LogP contribution is 2.34. The Balaban J connectivity index is 1.72. The largest absolute Gasteiger partial charge is 0.417 e. The normalized spacial score (nSPS) is 16.7. The van der Waals surface area contributed by atoms with Crippen molar-refractivity contribution in [3.05, 3.63) is 52.7 Å². The van der Waals surface area contributed by atoms with Crippen molar-refractivity contribution < 1.29 is 21.6 Å². The highest BCUT2D eigenvalue weighted by Gasteiger charge is 2.33. The molecule has 1 aromatic heterocycles. The molecule has 2 aromatic rings. The van der Waals surface area contributed by atoms with Crippen molar-refractivity contribution in [3.8, 4) is 0 Å². The standard InChI is InChI=1S/C20H23ClF3N3O2S/c1-19(2,3)14-4-6-16(7-5-14)30(28,29)27-10-8-26(9-11-27)18-17(21)12-15(13-25-18)20(22,23)24/h4-7,12-13H,8-11H2,1-3H3. The quantitative estimate of drug-likeness (QED) is 0.672. The zero-order valence-electron chi connectivity index (χ0n) is 16.9. The van der Waals surface area contributed by atoms with E-state index in [0.29, 0.717) is 0 Å². The van der Waals surface area contributed by atoms with Crippen LogP contribution in [-0.4, -0.2) is 43.9 Å². The van der Waals surface area contributed by atoms with Crippen LogP contribution in [0.15, 0.2) is 41.4 Å². The fourth-order valence-corrected chi connectivity index (χ4v) is 4.94. The van der Waals surface area contributed by atoms with Gasteiger partial charge in [0.05, 0.1) is 15.5 Å². The SMILES string of the molecule is CC(C)(C)c1ccc(S(=O)(=O)N2CCN(c3ncc(C(F)(F)F)cc3Cl)CC2)cc1. The number of piperazine rings is 1. The van der Waals surface area contributed by atoms with Gasteiger partial charge in [-0.25, -0.2) is 13.4 Å². The minimum atomic E-state index is -4.52. The molecule has 0 N–H and O–H groups in total. The molecule has 0 bridgehead atoms. The molecule has 5 nitrogen and oxygen atoms in total. The number of nitrogens with zero attached hydrogens (tertiary/aromatic N) is 3. The Hall–Kier alpha value is -1.84. The van der Waals surface area contributed by atoms with Crippen LogP contribution >= 0.6 is 11.6 Å². The Labute approximate surface area is 179 Å². The molecule has 0 saturated carbocycles. The molecule has 1 fully saturated rings. The van der Waals surface area contributed by atoms with Crippen LogP contribution < -0.4 is 4.90 Å². The molecule has 1 aromatic carbocycles. The highest BCUT2D eigenvalue weighted by molar-refractivity contribution is 7.89. The van der Waals surface area contributed by atoms with Crippen LogP contribution in [0.4, 0.5) is 19.0 Å². The third-order valence-corrected chi connectivity index (χ3v) is 7.24. The van der Waals surface area contributed by atoms with Crippen LogP contribution in [0.5, 0.6) is 0 Å². The Morgan fingerprint density at radius 1 is 0.967 bits per heavy atom. The van der Waals surface area contributed by atoms with Crippen LogP contribution in [0.25, 0.3) is 0 Å². The van der Waals surface area contributed by atoms with Crippen LogP contribution in [-0.2, 0) is 21.6 Å². The number of anilines is 1. The summed E-state index contributed by atoms with van der Waals surface area (Å²) in [5.74, 6) is 0.219. The molecule has 2 heterocycles. The van der Waals surface area contributed by atoms with Gasteiger partial charge in [0.15, 0.2) is 0 Å². The molecule has 0 aliphatic carbocycles. The summed E-state index contributed by atoms with van der Waals surface area (Å²) in [4.78, 5) is 5.76. The molecular weight excluding hydrogens is 439 g/mol. The number of alkyl halides is 3. The summed E-state index contributed by atoms with van der Waals surface area (Å²) in [7, 11) is -3.66. The van der Waals surface area contributed by atoms with Crippen molar-refractivity contribution in [2.45, 2.75) is 37.3 Å². The minimum absolute atomic E-state index is 0.0815. The Bertz CT molecular complexity index is 1010. The molecule has 0 spiro atoms. The van der Waals surface area contributed by atoms with Gasteiger partial charge < -0.3 is 4.90 Å². The number of hydrogen-bond donors (Lipinski definition) is 0. The summed E-state index contributed by atoms with van der Waals surface area (Å²) in [6, 6.07) is 7.68. The number of aromatic nitrogens is 1. The van der Waals surface area contributed by atoms with Crippen molar-refractivity contribution in [2.75, 3.05) is 31.1 Å². The maximum Gasteiger partial charge on any atom is 0.417 e. The molecule has 0 unspecified atom stereocenters. The van der Waals surface area contributed by atoms with Gasteiger partial charge in [0, 0.05) is 32.4 Å². The van der Waals surface area contributed by atoms with E-state index in [0.717, 1.165) is 17.8 Å². The van der Waals surface area contributed by atoms with E-state index in [9.17, 15) is 21.6 Å². The molecule has 0 radical (unpaired) electrons. The number of hydrogen-bond acceptors (Lipinski definition) is 4. The van der Waals surface area contributed by atoms with Gasteiger partial charge in [-0.05, 0) is 29.2 Å². The summed E-state index contributed by atoms with van der Waals surface area (Å²) in [5, 5.41) is -0.112. The number of pyridine rings is 1. The first-order valence-electron chi connectivity index (χ1n) is 9.38. The average molecular weight is 462 g/mol. The van der Waals surface area contributed by atoms with E-state index in [1.807, 2.05) is 12.1 Å². The predicted octanol–water partition coefficient (Wildman–Crippen LogP) is 4.56. The Kier molecular flexibility index (Phi) is 6.10. The van der Waals surface area contributed by atoms with Crippen molar-refractivity contribution in [1.82, 2.24) is 9.29 Å². The topological polar surface area (TPSA) is 53.5 Å². The summed E-state index contributed by atoms with van der Waals surface area (Å²) in [6.07, 6.45) is -3.79. The maximum absolute atomic E-state index is 13.0. The lowest BCUT2D eigenvalue weighted by atomic mass is 9.87. The van der Waals surface area contributed by atoms with Crippen molar-refractivity contribution in [1.29, 1.82) is 0 Å². The Morgan fingerprint density at radius 2 is 1.53 bits per heavy atom. The van der Waals surface area contributed by atoms with Crippen molar-refractivity contribution >= 4 is 27.4 Å². The van der Waals surface area contributed by atoms with Crippen LogP contribution in [0.3, 0.4) is 0 Å². The lowest BCUT2D eigenvalue weighted by Gasteiger charge is -2.35. The van der Waals surface area contributed by atoms with E-state index in [2.05, 4.69) is 25.8 Å². The average Bonchev–Trinajstić information content (AvgIpc) is 2.67. The molecule has 10 heteroatoms. The second kappa shape index (κ2) is 8.01. The lowest BCUT2D eigenvalue weighted by Crippen LogP contribution is -2.49. The minimum Gasteiger partial charge on any atom is -0.353 e. The van der Waals surface area contributed by atoms with E-state index >= 15 is 0 Å². The van der Waals surface area contributed by atoms with Gasteiger partial charge >= 0.3 is 6.18 Å². The fraction of sp³-hybridized carbons (Fsp3) is 0.450. The number of sulfonamides is 1. The van der Waals surface area contributed by atoms with Gasteiger partial charge in [-0.3, -0.25) is 0 Å². The van der Waals surface area contributed by atoms with E-state index < -0.39 is 21.8 Å². The molecule has 0 amide bonds. The molecule has 1 aliphatic heterocycles. The van der Waals surface area contributed by atoms with Crippen LogP contribution in [0, 0.1) is 0 Å². The third kappa shape index (κ3) is 4.73. The maximum atomic E-state index is 13.0. The molecule has 164 valence electrons. The summed E-state index contributed by atoms with van der Waals surface area (Å²) < 4.78 is 65.6. The van der Waals surface area contributed by atoms with Crippen LogP contribution in [0.1, 0.15) is 31.9 Å². The smallest absolute Gasteiger partial charge is 0.353 e. The van der Waals surface area contributed by atoms with Gasteiger partial charge in [-0.2, -0.15) is 17.5 Å². The van der Waals surface area contributed by atoms with Crippen LogP contribution in [0.2, 0.25) is 5.02 Å². The van der Waals surface area contributed by atoms with E-state index in [1.54, 1.807) is 17.0 Å². The zero-order chi connectivity index (χ0) is 22.3. The van der Waals surface area contributed by atoms with Gasteiger partial charge in [0.25, 0.3) is 0 Å². The van der Waals surface area contributed by atoms with Crippen molar-refractivity contribution in [2.24, 2.45) is 0 Å². The second-order valence-corrected chi connectivity index (χ2v) is 10.5. The van der Waals surface area contributed by atoms with Crippen molar-refractivity contribution in [3.63, 3.8) is 0 Å². The first-order valence-corrected chi connectivity index (χ1v) is 11.2. The first-order chi connectivity index (χ1) is 13.8. The molecular formula is C20H23ClF3N3O2S. The number of halogens is 4. The third-order valence-electron chi connectivity index (χ3n) is 5.05. The van der Waals surface area contributed by atoms with E-state index in [1.165, 1.54) is 4.31 Å². The van der Waals surface area contributed by atoms with Gasteiger partial charge in [-0.1, -0.05) is 44.5 Å². The number of benzene rings is 1. The number of rotatable bonds is 3. The molecule has 0 atom stereocenters. The zero-order valence-corrected chi connectivity index (χ0v) is 18.4. The van der Waals surface area contributed by atoms with E-state index in [4.69, 9.17) is 11.6 Å². The Morgan fingerprint density at radius 3 is 2.00 bits per heavy atom. The molecule has 3 rings (SSSR count). The highest BCUT2D eigenvalue weighted by atomic mass is 35.5.